The Hall–Kier alpha value is -3.73. The van der Waals surface area contributed by atoms with Crippen LogP contribution in [0.3, 0.4) is 0 Å². The van der Waals surface area contributed by atoms with Gasteiger partial charge in [-0.25, -0.2) is 4.79 Å². The van der Waals surface area contributed by atoms with E-state index in [0.717, 1.165) is 22.3 Å². The lowest BCUT2D eigenvalue weighted by molar-refractivity contribution is 0.00578. The normalized spacial score (nSPS) is 18.9. The summed E-state index contributed by atoms with van der Waals surface area (Å²) in [5.74, 6) is 2.86. The lowest BCUT2D eigenvalue weighted by atomic mass is 9.74. The topological polar surface area (TPSA) is 51.2 Å². The minimum absolute atomic E-state index is 0.0539. The molecule has 0 atom stereocenters. The van der Waals surface area contributed by atoms with Gasteiger partial charge in [-0.3, -0.25) is 0 Å². The number of nitrogens with zero attached hydrogens (tertiary/aromatic N) is 2. The number of ether oxygens (including phenoxy) is 1. The van der Waals surface area contributed by atoms with E-state index in [-0.39, 0.29) is 12.0 Å². The van der Waals surface area contributed by atoms with Gasteiger partial charge in [-0.05, 0) is 85.6 Å². The van der Waals surface area contributed by atoms with Gasteiger partial charge in [0.1, 0.15) is 6.61 Å². The molecule has 42 heavy (non-hydrogen) atoms. The number of hydrogen-bond donors (Lipinski definition) is 0. The number of terminal acetylenes is 1. The zero-order chi connectivity index (χ0) is 29.6. The summed E-state index contributed by atoms with van der Waals surface area (Å²) >= 11 is 0. The Labute approximate surface area is 250 Å². The highest BCUT2D eigenvalue weighted by molar-refractivity contribution is 6.62. The Morgan fingerprint density at radius 2 is 1.52 bits per heavy atom. The lowest BCUT2D eigenvalue weighted by Crippen LogP contribution is -2.49. The van der Waals surface area contributed by atoms with Gasteiger partial charge in [0.15, 0.2) is 0 Å². The summed E-state index contributed by atoms with van der Waals surface area (Å²) < 4.78 is 18.7. The molecule has 0 bridgehead atoms. The predicted molar refractivity (Wildman–Crippen MR) is 168 cm³/mol. The highest BCUT2D eigenvalue weighted by Gasteiger charge is 2.52. The van der Waals surface area contributed by atoms with Crippen molar-refractivity contribution in [2.75, 3.05) is 37.7 Å². The van der Waals surface area contributed by atoms with Crippen molar-refractivity contribution < 1.29 is 18.8 Å². The summed E-state index contributed by atoms with van der Waals surface area (Å²) in [5, 5.41) is 0. The number of piperazine rings is 1. The van der Waals surface area contributed by atoms with Crippen molar-refractivity contribution in [3.8, 4) is 23.5 Å². The predicted octanol–water partition coefficient (Wildman–Crippen LogP) is 5.54. The van der Waals surface area contributed by atoms with Gasteiger partial charge in [0, 0.05) is 44.2 Å². The van der Waals surface area contributed by atoms with E-state index < -0.39 is 18.3 Å². The van der Waals surface area contributed by atoms with Crippen molar-refractivity contribution in [3.63, 3.8) is 0 Å². The Morgan fingerprint density at radius 3 is 2.10 bits per heavy atom. The maximum atomic E-state index is 13.2. The highest BCUT2D eigenvalue weighted by Crippen LogP contribution is 2.44. The Morgan fingerprint density at radius 1 is 0.952 bits per heavy atom. The number of carbonyl (C=O) groups excluding carboxylic acids is 1. The van der Waals surface area contributed by atoms with Gasteiger partial charge in [0.2, 0.25) is 0 Å². The van der Waals surface area contributed by atoms with Crippen LogP contribution in [0.5, 0.6) is 0 Å². The lowest BCUT2D eigenvalue weighted by Gasteiger charge is -2.36. The number of carbonyl (C=O) groups is 1. The minimum atomic E-state index is -0.464. The zero-order valence-electron chi connectivity index (χ0n) is 25.3. The number of amides is 1. The summed E-state index contributed by atoms with van der Waals surface area (Å²) in [7, 11) is -0.464. The first-order chi connectivity index (χ1) is 20.1. The molecule has 0 spiro atoms. The van der Waals surface area contributed by atoms with Crippen LogP contribution < -0.4 is 10.4 Å². The summed E-state index contributed by atoms with van der Waals surface area (Å²) in [4.78, 5) is 17.3. The third-order valence-electron chi connectivity index (χ3n) is 9.58. The van der Waals surface area contributed by atoms with Gasteiger partial charge in [0.25, 0.3) is 0 Å². The fraction of sp³-hybridized carbons (Fsp3) is 0.400. The molecular weight excluding hydrogens is 523 g/mol. The molecule has 2 fully saturated rings. The number of anilines is 1. The molecule has 3 aromatic rings. The average molecular weight is 563 g/mol. The number of fused-ring (bicyclic) bond motifs is 3. The molecule has 2 heterocycles. The fourth-order valence-corrected chi connectivity index (χ4v) is 6.30. The molecule has 2 aliphatic heterocycles. The second-order valence-electron chi connectivity index (χ2n) is 12.6. The second-order valence-corrected chi connectivity index (χ2v) is 12.6. The van der Waals surface area contributed by atoms with E-state index in [9.17, 15) is 4.79 Å². The van der Waals surface area contributed by atoms with Gasteiger partial charge in [0.05, 0.1) is 11.2 Å². The quantitative estimate of drug-likeness (QED) is 0.302. The molecule has 0 aromatic heterocycles. The van der Waals surface area contributed by atoms with Crippen molar-refractivity contribution in [1.29, 1.82) is 0 Å². The average Bonchev–Trinajstić information content (AvgIpc) is 3.41. The van der Waals surface area contributed by atoms with E-state index in [1.54, 1.807) is 0 Å². The smallest absolute Gasteiger partial charge is 0.448 e. The van der Waals surface area contributed by atoms with Crippen LogP contribution in [0.4, 0.5) is 10.5 Å². The van der Waals surface area contributed by atoms with E-state index in [1.165, 1.54) is 22.3 Å². The molecule has 216 valence electrons. The van der Waals surface area contributed by atoms with Gasteiger partial charge in [-0.15, -0.1) is 12.3 Å². The third kappa shape index (κ3) is 4.97. The molecule has 6 rings (SSSR count). The first-order valence-corrected chi connectivity index (χ1v) is 14.9. The van der Waals surface area contributed by atoms with Gasteiger partial charge in [-0.2, -0.15) is 0 Å². The monoisotopic (exact) mass is 562 g/mol. The van der Waals surface area contributed by atoms with Crippen molar-refractivity contribution in [2.24, 2.45) is 0 Å². The highest BCUT2D eigenvalue weighted by atomic mass is 16.7. The van der Waals surface area contributed by atoms with Crippen LogP contribution >= 0.6 is 0 Å². The van der Waals surface area contributed by atoms with Crippen LogP contribution in [0.2, 0.25) is 0 Å². The van der Waals surface area contributed by atoms with Crippen molar-refractivity contribution in [2.45, 2.75) is 58.2 Å². The maximum Gasteiger partial charge on any atom is 0.495 e. The summed E-state index contributed by atoms with van der Waals surface area (Å²) in [5.41, 5.74) is 8.31. The molecule has 0 radical (unpaired) electrons. The van der Waals surface area contributed by atoms with Crippen LogP contribution in [0.25, 0.3) is 11.1 Å². The first kappa shape index (κ1) is 28.4. The molecule has 3 aliphatic rings. The van der Waals surface area contributed by atoms with Crippen LogP contribution in [0, 0.1) is 19.3 Å². The van der Waals surface area contributed by atoms with Crippen molar-refractivity contribution >= 4 is 24.4 Å². The van der Waals surface area contributed by atoms with Gasteiger partial charge >= 0.3 is 13.2 Å². The van der Waals surface area contributed by atoms with E-state index in [2.05, 4.69) is 106 Å². The minimum Gasteiger partial charge on any atom is -0.448 e. The summed E-state index contributed by atoms with van der Waals surface area (Å²) in [6.45, 7) is 13.3. The van der Waals surface area contributed by atoms with E-state index >= 15 is 0 Å². The standard InChI is InChI=1S/C35H39BN2O4/c1-7-12-25-21-26(22-32(24(25)2)36-41-34(3,4)35(5,6)42-36)37-17-19-38(20-18-37)33(39)40-23-31-29-15-10-8-13-27(29)28-14-9-11-16-30(28)31/h1,8-11,13-16,21-22,31H,12,17-20,23H2,2-6H3. The fourth-order valence-electron chi connectivity index (χ4n) is 6.30. The molecule has 1 amide bonds. The number of hydrogen-bond acceptors (Lipinski definition) is 5. The van der Waals surface area contributed by atoms with Crippen molar-refractivity contribution in [3.05, 3.63) is 82.9 Å². The molecule has 7 heteroatoms. The Kier molecular flexibility index (Phi) is 7.33. The van der Waals surface area contributed by atoms with Crippen LogP contribution in [0.15, 0.2) is 60.7 Å². The summed E-state index contributed by atoms with van der Waals surface area (Å²) in [6.07, 6.45) is 6.02. The molecule has 1 aliphatic carbocycles. The first-order valence-electron chi connectivity index (χ1n) is 14.9. The molecule has 6 nitrogen and oxygen atoms in total. The Bertz CT molecular complexity index is 1490. The molecule has 0 unspecified atom stereocenters. The van der Waals surface area contributed by atoms with Crippen LogP contribution in [-0.4, -0.2) is 62.1 Å². The zero-order valence-corrected chi connectivity index (χ0v) is 25.3. The van der Waals surface area contributed by atoms with Crippen molar-refractivity contribution in [1.82, 2.24) is 4.90 Å². The number of rotatable bonds is 5. The largest absolute Gasteiger partial charge is 0.495 e. The number of benzene rings is 3. The van der Waals surface area contributed by atoms with Gasteiger partial charge < -0.3 is 23.8 Å². The third-order valence-corrected chi connectivity index (χ3v) is 9.58. The molecule has 3 aromatic carbocycles. The van der Waals surface area contributed by atoms with E-state index in [1.807, 2.05) is 4.90 Å². The Balaban J connectivity index is 1.13. The molecule has 2 saturated heterocycles. The molecule has 0 saturated carbocycles. The van der Waals surface area contributed by atoms with Crippen LogP contribution in [-0.2, 0) is 20.5 Å². The van der Waals surface area contributed by atoms with E-state index in [4.69, 9.17) is 20.5 Å². The van der Waals surface area contributed by atoms with E-state index in [0.29, 0.717) is 39.2 Å². The van der Waals surface area contributed by atoms with Gasteiger partial charge in [-0.1, -0.05) is 48.5 Å². The maximum absolute atomic E-state index is 13.2. The van der Waals surface area contributed by atoms with Crippen LogP contribution in [0.1, 0.15) is 55.9 Å². The molecular formula is C35H39BN2O4. The summed E-state index contributed by atoms with van der Waals surface area (Å²) in [6, 6.07) is 21.1. The SMILES string of the molecule is C#CCc1cc(N2CCN(C(=O)OCC3c4ccccc4-c4ccccc43)CC2)cc(B2OC(C)(C)C(C)(C)O2)c1C. The molecule has 0 N–H and O–H groups in total. The second kappa shape index (κ2) is 10.8.